The Balaban J connectivity index is 0.901. The quantitative estimate of drug-likeness (QED) is 0.112. The fourth-order valence-corrected chi connectivity index (χ4v) is 17.3. The topological polar surface area (TPSA) is 47.7 Å². The molecule has 0 bridgehead atoms. The smallest absolute Gasteiger partial charge is 0.252 e. The second-order valence-corrected chi connectivity index (χ2v) is 26.9. The van der Waals surface area contributed by atoms with Crippen molar-refractivity contribution in [3.05, 3.63) is 351 Å². The number of aromatic nitrogens is 2. The van der Waals surface area contributed by atoms with Crippen molar-refractivity contribution >= 4 is 147 Å². The molecule has 0 amide bonds. The summed E-state index contributed by atoms with van der Waals surface area (Å²) in [5.41, 5.74) is 34.0. The molecule has 21 rings (SSSR count). The first-order chi connectivity index (χ1) is 50.0. The zero-order chi connectivity index (χ0) is 66.6. The van der Waals surface area contributed by atoms with Crippen molar-refractivity contribution in [1.29, 1.82) is 5.26 Å². The average molecular weight is 1280 g/mol. The molecule has 0 atom stereocenters. The number of nitriles is 1. The van der Waals surface area contributed by atoms with Gasteiger partial charge in [-0.1, -0.05) is 224 Å². The summed E-state index contributed by atoms with van der Waals surface area (Å²) in [5.74, 6) is 0. The highest BCUT2D eigenvalue weighted by Gasteiger charge is 2.52. The molecule has 0 saturated heterocycles. The fourth-order valence-electron chi connectivity index (χ4n) is 17.3. The van der Waals surface area contributed by atoms with Gasteiger partial charge in [0, 0.05) is 78.7 Å². The van der Waals surface area contributed by atoms with E-state index in [9.17, 15) is 5.26 Å². The highest BCUT2D eigenvalue weighted by Crippen LogP contribution is 2.52. The molecule has 15 aromatic carbocycles. The van der Waals surface area contributed by atoms with Crippen LogP contribution in [0, 0.1) is 17.9 Å². The van der Waals surface area contributed by atoms with E-state index in [1.54, 1.807) is 0 Å². The molecule has 9 heteroatoms. The summed E-state index contributed by atoms with van der Waals surface area (Å²) in [6.45, 7) is 7.63. The summed E-state index contributed by atoms with van der Waals surface area (Å²) in [6.07, 6.45) is 0. The number of hydrogen-bond acceptors (Lipinski definition) is 4. The summed E-state index contributed by atoms with van der Waals surface area (Å²) in [5, 5.41) is 14.6. The minimum absolute atomic E-state index is 0.228. The molecular weight excluding hydrogens is 1220 g/mol. The number of para-hydroxylation sites is 2. The van der Waals surface area contributed by atoms with Gasteiger partial charge in [-0.3, -0.25) is 0 Å². The van der Waals surface area contributed by atoms with Crippen LogP contribution in [0.25, 0.3) is 104 Å². The molecule has 7 nitrogen and oxygen atoms in total. The largest absolute Gasteiger partial charge is 0.312 e. The van der Waals surface area contributed by atoms with E-state index in [0.717, 1.165) is 139 Å². The maximum atomic E-state index is 10.3. The molecule has 101 heavy (non-hydrogen) atoms. The fraction of sp³-hybridized carbons (Fsp3) is 0. The predicted molar refractivity (Wildman–Crippen MR) is 421 cm³/mol. The SMILES string of the molecule is [C-]#[N+]c1ccc2c(c1)c1ccccc1n2-c1ccc2c(c1)N1c3ccc(-c4ccccc4)cc3B3c4ccc(-n5c6ccccc6c6cc(C#N)ccc65)cc4N(c4ccc(-c5ccccc5)cc4)c4cc5c(c1c43)B2c1cc(-c2ccccc2)ccc1N5c1ccc(-c2ccccc2)cc1. The molecule has 0 fully saturated rings. The summed E-state index contributed by atoms with van der Waals surface area (Å²) in [4.78, 5) is 11.7. The van der Waals surface area contributed by atoms with Gasteiger partial charge in [0.1, 0.15) is 0 Å². The predicted octanol–water partition coefficient (Wildman–Crippen LogP) is 19.7. The van der Waals surface area contributed by atoms with Crippen molar-refractivity contribution in [2.45, 2.75) is 0 Å². The van der Waals surface area contributed by atoms with Gasteiger partial charge in [0.15, 0.2) is 5.69 Å². The number of rotatable bonds is 8. The first kappa shape index (κ1) is 56.6. The van der Waals surface area contributed by atoms with Crippen molar-refractivity contribution in [2.75, 3.05) is 14.7 Å². The van der Waals surface area contributed by atoms with Crippen molar-refractivity contribution in [3.8, 4) is 62.0 Å². The molecule has 17 aromatic rings. The lowest BCUT2D eigenvalue weighted by Crippen LogP contribution is -2.68. The molecule has 6 heterocycles. The first-order valence-electron chi connectivity index (χ1n) is 34.5. The summed E-state index contributed by atoms with van der Waals surface area (Å²) >= 11 is 0. The molecule has 4 aliphatic heterocycles. The van der Waals surface area contributed by atoms with Crippen LogP contribution in [0.15, 0.2) is 334 Å². The summed E-state index contributed by atoms with van der Waals surface area (Å²) in [6, 6.07) is 125. The van der Waals surface area contributed by atoms with E-state index in [-0.39, 0.29) is 13.4 Å². The zero-order valence-corrected chi connectivity index (χ0v) is 54.5. The minimum atomic E-state index is -0.254. The van der Waals surface area contributed by atoms with Crippen molar-refractivity contribution in [1.82, 2.24) is 9.13 Å². The van der Waals surface area contributed by atoms with Crippen LogP contribution in [0.5, 0.6) is 0 Å². The van der Waals surface area contributed by atoms with E-state index < -0.39 is 0 Å². The molecule has 0 unspecified atom stereocenters. The van der Waals surface area contributed by atoms with Gasteiger partial charge in [-0.15, -0.1) is 0 Å². The monoisotopic (exact) mass is 1280 g/mol. The lowest BCUT2D eigenvalue weighted by molar-refractivity contribution is 1.16. The van der Waals surface area contributed by atoms with Crippen LogP contribution in [0.2, 0.25) is 0 Å². The van der Waals surface area contributed by atoms with Crippen LogP contribution in [0.3, 0.4) is 0 Å². The molecule has 0 radical (unpaired) electrons. The van der Waals surface area contributed by atoms with Crippen LogP contribution in [-0.4, -0.2) is 22.6 Å². The summed E-state index contributed by atoms with van der Waals surface area (Å²) in [7, 11) is 0. The van der Waals surface area contributed by atoms with Gasteiger partial charge < -0.3 is 23.8 Å². The van der Waals surface area contributed by atoms with Gasteiger partial charge in [0.05, 0.1) is 40.3 Å². The van der Waals surface area contributed by atoms with Crippen molar-refractivity contribution in [2.24, 2.45) is 0 Å². The Labute approximate surface area is 584 Å². The van der Waals surface area contributed by atoms with Crippen molar-refractivity contribution < 1.29 is 0 Å². The van der Waals surface area contributed by atoms with Gasteiger partial charge in [-0.25, -0.2) is 4.85 Å². The van der Waals surface area contributed by atoms with Gasteiger partial charge in [0.25, 0.3) is 13.4 Å². The van der Waals surface area contributed by atoms with Crippen LogP contribution in [0.4, 0.5) is 56.9 Å². The van der Waals surface area contributed by atoms with E-state index >= 15 is 0 Å². The van der Waals surface area contributed by atoms with Crippen LogP contribution in [-0.2, 0) is 0 Å². The Kier molecular flexibility index (Phi) is 12.3. The maximum Gasteiger partial charge on any atom is 0.252 e. The molecule has 2 aromatic heterocycles. The van der Waals surface area contributed by atoms with E-state index in [4.69, 9.17) is 6.57 Å². The number of nitrogens with zero attached hydrogens (tertiary/aromatic N) is 7. The van der Waals surface area contributed by atoms with Gasteiger partial charge >= 0.3 is 0 Å². The molecule has 0 N–H and O–H groups in total. The molecule has 0 aliphatic carbocycles. The van der Waals surface area contributed by atoms with Crippen LogP contribution >= 0.6 is 0 Å². The standard InChI is InChI=1S/C92H55B2N7/c1-96-67-37-49-83-75(53-67)73-27-15-17-29-81(73)100(83)71-43-45-77-87(55-71)101-85-48-36-66(62-24-12-5-13-25-62)52-79(85)93-76-44-42-70(99-80-28-16-14-26-72(80)74-50-58(57-95)30-46-82(74)99)54-86(76)98(69-40-33-64(34-41-69)60-20-8-3-9-21-60)89-56-88-90(92(101)91(89)93)94(77)78-51-65(61-22-10-4-11-23-61)35-47-84(78)97(88)68-38-31-63(32-39-68)59-18-6-2-7-19-59/h2-56H. The van der Waals surface area contributed by atoms with E-state index in [1.807, 2.05) is 18.2 Å². The van der Waals surface area contributed by atoms with Gasteiger partial charge in [-0.2, -0.15) is 5.26 Å². The third-order valence-electron chi connectivity index (χ3n) is 21.7. The van der Waals surface area contributed by atoms with Crippen LogP contribution in [0.1, 0.15) is 5.56 Å². The molecule has 0 spiro atoms. The first-order valence-corrected chi connectivity index (χ1v) is 34.5. The molecule has 4 aliphatic rings. The Morgan fingerprint density at radius 3 is 1.15 bits per heavy atom. The number of hydrogen-bond donors (Lipinski definition) is 0. The highest BCUT2D eigenvalue weighted by atomic mass is 15.2. The Morgan fingerprint density at radius 2 is 0.663 bits per heavy atom. The lowest BCUT2D eigenvalue weighted by Gasteiger charge is -2.51. The number of benzene rings is 15. The Morgan fingerprint density at radius 1 is 0.277 bits per heavy atom. The average Bonchev–Trinajstić information content (AvgIpc) is 1.32. The van der Waals surface area contributed by atoms with Gasteiger partial charge in [0.2, 0.25) is 0 Å². The Hall–Kier alpha value is -13.6. The maximum absolute atomic E-state index is 10.3. The van der Waals surface area contributed by atoms with Gasteiger partial charge in [-0.05, 0) is 192 Å². The molecular formula is C92H55B2N7. The molecule has 464 valence electrons. The highest BCUT2D eigenvalue weighted by molar-refractivity contribution is 7.05. The van der Waals surface area contributed by atoms with E-state index in [0.29, 0.717) is 11.3 Å². The zero-order valence-electron chi connectivity index (χ0n) is 54.5. The second kappa shape index (κ2) is 22.0. The third-order valence-corrected chi connectivity index (χ3v) is 21.7. The lowest BCUT2D eigenvalue weighted by atomic mass is 9.28. The van der Waals surface area contributed by atoms with Crippen molar-refractivity contribution in [3.63, 3.8) is 0 Å². The van der Waals surface area contributed by atoms with E-state index in [1.165, 1.54) is 44.0 Å². The summed E-state index contributed by atoms with van der Waals surface area (Å²) < 4.78 is 4.80. The third kappa shape index (κ3) is 8.42. The normalized spacial score (nSPS) is 12.8. The van der Waals surface area contributed by atoms with Crippen LogP contribution < -0.4 is 47.5 Å². The number of anilines is 9. The Bertz CT molecular complexity index is 6430. The molecule has 0 saturated carbocycles. The second-order valence-electron chi connectivity index (χ2n) is 26.9. The minimum Gasteiger partial charge on any atom is -0.312 e. The number of fused-ring (bicyclic) bond motifs is 16. The van der Waals surface area contributed by atoms with E-state index in [2.05, 4.69) is 350 Å².